The summed E-state index contributed by atoms with van der Waals surface area (Å²) in [5, 5.41) is 13.4. The highest BCUT2D eigenvalue weighted by Gasteiger charge is 2.73. The molecule has 41 heavy (non-hydrogen) atoms. The van der Waals surface area contributed by atoms with Gasteiger partial charge in [-0.1, -0.05) is 71.7 Å². The Balaban J connectivity index is 1.61. The number of nitrogens with zero attached hydrogens (tertiary/aromatic N) is 3. The summed E-state index contributed by atoms with van der Waals surface area (Å²) >= 11 is 13.7. The largest absolute Gasteiger partial charge is 0.387 e. The monoisotopic (exact) mass is 589 g/mol. The Kier molecular flexibility index (Phi) is 6.29. The van der Waals surface area contributed by atoms with Crippen LogP contribution in [0.3, 0.4) is 0 Å². The zero-order chi connectivity index (χ0) is 28.7. The van der Waals surface area contributed by atoms with E-state index in [1.165, 1.54) is 0 Å². The molecular weight excluding hydrogens is 557 g/mol. The van der Waals surface area contributed by atoms with Gasteiger partial charge in [0, 0.05) is 25.6 Å². The fraction of sp³-hybridized carbons (Fsp3) is 0.394. The van der Waals surface area contributed by atoms with E-state index in [9.17, 15) is 9.90 Å². The standard InChI is InChI=1S/C33H33Cl2N3O3/c1-3-37-26-22(13-9-15-24(26)34)32(30(37)40,19-36-17-7-8-18-36)28-20-11-5-6-12-21(20)29(39)33(28)23-14-10-16-25(35)27(23)38(4-2)31(33)41/h5-6,9-16,28-29,39H,3-4,7-8,17-19H2,1-2H3/t28-,29-,32-,33-/m1/s1. The Bertz CT molecular complexity index is 1590. The molecule has 7 rings (SSSR count). The number of benzene rings is 3. The lowest BCUT2D eigenvalue weighted by molar-refractivity contribution is -0.132. The molecule has 0 aromatic heterocycles. The van der Waals surface area contributed by atoms with Crippen LogP contribution < -0.4 is 9.80 Å². The Morgan fingerprint density at radius 1 is 0.780 bits per heavy atom. The summed E-state index contributed by atoms with van der Waals surface area (Å²) in [5.74, 6) is -0.983. The minimum atomic E-state index is -1.45. The van der Waals surface area contributed by atoms with E-state index >= 15 is 4.79 Å². The first-order chi connectivity index (χ1) is 19.8. The second-order valence-corrected chi connectivity index (χ2v) is 12.5. The number of carbonyl (C=O) groups is 2. The van der Waals surface area contributed by atoms with E-state index in [1.54, 1.807) is 15.9 Å². The number of carbonyl (C=O) groups excluding carboxylic acids is 2. The van der Waals surface area contributed by atoms with Gasteiger partial charge in [0.2, 0.25) is 11.8 Å². The number of likely N-dealkylation sites (N-methyl/N-ethyl adjacent to an activating group) is 2. The maximum absolute atomic E-state index is 15.1. The number of hydrogen-bond donors (Lipinski definition) is 1. The summed E-state index contributed by atoms with van der Waals surface area (Å²) in [7, 11) is 0. The van der Waals surface area contributed by atoms with E-state index in [0.717, 1.165) is 37.1 Å². The zero-order valence-electron chi connectivity index (χ0n) is 23.2. The van der Waals surface area contributed by atoms with Crippen molar-refractivity contribution in [3.05, 3.63) is 93.0 Å². The quantitative estimate of drug-likeness (QED) is 0.407. The van der Waals surface area contributed by atoms with Crippen molar-refractivity contribution in [3.8, 4) is 0 Å². The molecule has 3 heterocycles. The van der Waals surface area contributed by atoms with Gasteiger partial charge in [0.25, 0.3) is 0 Å². The van der Waals surface area contributed by atoms with E-state index < -0.39 is 22.9 Å². The van der Waals surface area contributed by atoms with E-state index in [-0.39, 0.29) is 11.8 Å². The first-order valence-corrected chi connectivity index (χ1v) is 15.3. The summed E-state index contributed by atoms with van der Waals surface area (Å²) in [4.78, 5) is 35.9. The minimum Gasteiger partial charge on any atom is -0.387 e. The molecule has 1 saturated heterocycles. The number of aliphatic hydroxyl groups is 1. The predicted molar refractivity (Wildman–Crippen MR) is 162 cm³/mol. The van der Waals surface area contributed by atoms with Crippen LogP contribution in [0.5, 0.6) is 0 Å². The van der Waals surface area contributed by atoms with Crippen LogP contribution in [0.15, 0.2) is 60.7 Å². The number of fused-ring (bicyclic) bond motifs is 4. The lowest BCUT2D eigenvalue weighted by Gasteiger charge is -2.45. The highest BCUT2D eigenvalue weighted by Crippen LogP contribution is 2.69. The van der Waals surface area contributed by atoms with Crippen LogP contribution in [0.1, 0.15) is 61.0 Å². The van der Waals surface area contributed by atoms with Crippen LogP contribution in [0.25, 0.3) is 0 Å². The first kappa shape index (κ1) is 27.0. The third kappa shape index (κ3) is 3.28. The fourth-order valence-corrected chi connectivity index (χ4v) is 9.01. The number of para-hydroxylation sites is 2. The second-order valence-electron chi connectivity index (χ2n) is 11.7. The van der Waals surface area contributed by atoms with Gasteiger partial charge in [0.15, 0.2) is 0 Å². The van der Waals surface area contributed by atoms with Gasteiger partial charge in [0.1, 0.15) is 5.41 Å². The lowest BCUT2D eigenvalue weighted by Crippen LogP contribution is -2.58. The molecule has 1 spiro atoms. The average Bonchev–Trinajstić information content (AvgIpc) is 3.70. The van der Waals surface area contributed by atoms with Crippen LogP contribution in [-0.2, 0) is 20.4 Å². The highest BCUT2D eigenvalue weighted by molar-refractivity contribution is 6.36. The molecule has 6 nitrogen and oxygen atoms in total. The van der Waals surface area contributed by atoms with Crippen molar-refractivity contribution in [2.24, 2.45) is 0 Å². The van der Waals surface area contributed by atoms with Crippen LogP contribution in [0.4, 0.5) is 11.4 Å². The molecule has 0 saturated carbocycles. The summed E-state index contributed by atoms with van der Waals surface area (Å²) in [6, 6.07) is 19.0. The van der Waals surface area contributed by atoms with Crippen molar-refractivity contribution in [1.29, 1.82) is 0 Å². The fourth-order valence-electron chi connectivity index (χ4n) is 8.46. The van der Waals surface area contributed by atoms with E-state index in [1.807, 2.05) is 68.4 Å². The lowest BCUT2D eigenvalue weighted by atomic mass is 9.56. The summed E-state index contributed by atoms with van der Waals surface area (Å²) in [6.07, 6.45) is 0.951. The zero-order valence-corrected chi connectivity index (χ0v) is 24.8. The third-order valence-corrected chi connectivity index (χ3v) is 10.6. The van der Waals surface area contributed by atoms with Crippen molar-refractivity contribution in [2.45, 2.75) is 49.5 Å². The molecule has 3 aromatic carbocycles. The first-order valence-electron chi connectivity index (χ1n) is 14.5. The maximum Gasteiger partial charge on any atom is 0.241 e. The molecule has 4 aliphatic rings. The SMILES string of the molecule is CCN1C(=O)[C@@]2(c3cccc(Cl)c31)[C@H](O)c1ccccc1[C@@H]2[C@]1(CN2CCCC2)C(=O)N(CC)c2c(Cl)cccc21. The van der Waals surface area contributed by atoms with E-state index in [0.29, 0.717) is 52.2 Å². The number of rotatable bonds is 5. The molecule has 1 N–H and O–H groups in total. The molecule has 0 bridgehead atoms. The maximum atomic E-state index is 15.1. The van der Waals surface area contributed by atoms with E-state index in [4.69, 9.17) is 23.2 Å². The van der Waals surface area contributed by atoms with Gasteiger partial charge in [-0.2, -0.15) is 0 Å². The summed E-state index contributed by atoms with van der Waals surface area (Å²) < 4.78 is 0. The normalized spacial score (nSPS) is 28.6. The van der Waals surface area contributed by atoms with Gasteiger partial charge < -0.3 is 19.8 Å². The van der Waals surface area contributed by atoms with Crippen molar-refractivity contribution < 1.29 is 14.7 Å². The predicted octanol–water partition coefficient (Wildman–Crippen LogP) is 5.83. The van der Waals surface area contributed by atoms with Crippen molar-refractivity contribution in [2.75, 3.05) is 42.5 Å². The molecule has 2 amide bonds. The number of hydrogen-bond acceptors (Lipinski definition) is 4. The molecule has 0 unspecified atom stereocenters. The van der Waals surface area contributed by atoms with Crippen LogP contribution in [-0.4, -0.2) is 54.5 Å². The molecule has 0 radical (unpaired) electrons. The Labute approximate surface area is 250 Å². The third-order valence-electron chi connectivity index (χ3n) is 9.95. The summed E-state index contributed by atoms with van der Waals surface area (Å²) in [5.41, 5.74) is 1.72. The molecule has 4 atom stereocenters. The van der Waals surface area contributed by atoms with Crippen molar-refractivity contribution >= 4 is 46.4 Å². The van der Waals surface area contributed by atoms with Gasteiger partial charge in [-0.25, -0.2) is 0 Å². The number of amides is 2. The van der Waals surface area contributed by atoms with Crippen LogP contribution in [0, 0.1) is 0 Å². The van der Waals surface area contributed by atoms with Gasteiger partial charge in [-0.3, -0.25) is 9.59 Å². The molecule has 1 fully saturated rings. The molecule has 3 aromatic rings. The number of aliphatic hydroxyl groups excluding tert-OH is 1. The van der Waals surface area contributed by atoms with Gasteiger partial charge in [-0.15, -0.1) is 0 Å². The Morgan fingerprint density at radius 3 is 1.98 bits per heavy atom. The Morgan fingerprint density at radius 2 is 1.34 bits per heavy atom. The van der Waals surface area contributed by atoms with Gasteiger partial charge >= 0.3 is 0 Å². The van der Waals surface area contributed by atoms with Gasteiger partial charge in [0.05, 0.1) is 32.9 Å². The molecule has 1 aliphatic carbocycles. The topological polar surface area (TPSA) is 64.1 Å². The number of halogens is 2. The smallest absolute Gasteiger partial charge is 0.241 e. The van der Waals surface area contributed by atoms with Crippen LogP contribution >= 0.6 is 23.2 Å². The molecule has 3 aliphatic heterocycles. The molecule has 212 valence electrons. The minimum absolute atomic E-state index is 0.0744. The Hall–Kier alpha value is -2.90. The second kappa shape index (κ2) is 9.56. The molecule has 8 heteroatoms. The van der Waals surface area contributed by atoms with Gasteiger partial charge in [-0.05, 0) is 74.2 Å². The van der Waals surface area contributed by atoms with Crippen molar-refractivity contribution in [3.63, 3.8) is 0 Å². The van der Waals surface area contributed by atoms with Crippen LogP contribution in [0.2, 0.25) is 10.0 Å². The summed E-state index contributed by atoms with van der Waals surface area (Å²) in [6.45, 7) is 6.89. The number of anilines is 2. The van der Waals surface area contributed by atoms with E-state index in [2.05, 4.69) is 4.90 Å². The molecular formula is C33H33Cl2N3O3. The highest BCUT2D eigenvalue weighted by atomic mass is 35.5. The van der Waals surface area contributed by atoms with Crippen molar-refractivity contribution in [1.82, 2.24) is 4.90 Å². The number of likely N-dealkylation sites (tertiary alicyclic amines) is 1. The average molecular weight is 591 g/mol.